The van der Waals surface area contributed by atoms with Gasteiger partial charge in [0.15, 0.2) is 0 Å². The number of anilines is 1. The first kappa shape index (κ1) is 21.9. The van der Waals surface area contributed by atoms with E-state index in [0.29, 0.717) is 6.42 Å². The van der Waals surface area contributed by atoms with E-state index in [1.54, 1.807) is 0 Å². The Hall–Kier alpha value is -2.33. The van der Waals surface area contributed by atoms with Gasteiger partial charge in [0.1, 0.15) is 0 Å². The van der Waals surface area contributed by atoms with Gasteiger partial charge in [0.2, 0.25) is 5.91 Å². The number of aryl methyl sites for hydroxylation is 2. The second-order valence-electron chi connectivity index (χ2n) is 9.11. The number of hydrogen-bond donors (Lipinski definition) is 0. The van der Waals surface area contributed by atoms with Crippen LogP contribution in [0.1, 0.15) is 55.3 Å². The van der Waals surface area contributed by atoms with Crippen molar-refractivity contribution in [2.45, 2.75) is 51.5 Å². The van der Waals surface area contributed by atoms with Crippen LogP contribution in [-0.2, 0) is 17.6 Å². The van der Waals surface area contributed by atoms with Crippen molar-refractivity contribution < 1.29 is 4.79 Å². The minimum atomic E-state index is 0.202. The fraction of sp³-hybridized carbons (Fsp3) is 0.519. The molecule has 1 heterocycles. The van der Waals surface area contributed by atoms with Gasteiger partial charge in [-0.1, -0.05) is 43.3 Å². The van der Waals surface area contributed by atoms with Crippen LogP contribution in [0, 0.1) is 0 Å². The van der Waals surface area contributed by atoms with Crippen LogP contribution in [0.25, 0.3) is 0 Å². The lowest BCUT2D eigenvalue weighted by molar-refractivity contribution is -0.132. The van der Waals surface area contributed by atoms with Gasteiger partial charge in [-0.2, -0.15) is 0 Å². The monoisotopic (exact) mass is 419 g/mol. The van der Waals surface area contributed by atoms with Crippen LogP contribution >= 0.6 is 0 Å². The van der Waals surface area contributed by atoms with E-state index in [4.69, 9.17) is 0 Å². The zero-order chi connectivity index (χ0) is 21.6. The summed E-state index contributed by atoms with van der Waals surface area (Å²) in [6.45, 7) is 7.94. The summed E-state index contributed by atoms with van der Waals surface area (Å²) in [5, 5.41) is 0. The molecule has 0 radical (unpaired) electrons. The zero-order valence-corrected chi connectivity index (χ0v) is 19.2. The molecule has 0 aromatic heterocycles. The molecule has 1 amide bonds. The lowest BCUT2D eigenvalue weighted by Crippen LogP contribution is -2.46. The average molecular weight is 420 g/mol. The largest absolute Gasteiger partial charge is 0.369 e. The maximum absolute atomic E-state index is 13.0. The minimum Gasteiger partial charge on any atom is -0.369 e. The van der Waals surface area contributed by atoms with Crippen molar-refractivity contribution in [2.75, 3.05) is 44.7 Å². The van der Waals surface area contributed by atoms with E-state index in [1.165, 1.54) is 35.3 Å². The first-order valence-electron chi connectivity index (χ1n) is 12.1. The third kappa shape index (κ3) is 5.30. The summed E-state index contributed by atoms with van der Waals surface area (Å²) in [7, 11) is 2.00. The fourth-order valence-electron chi connectivity index (χ4n) is 5.15. The Morgan fingerprint density at radius 3 is 2.58 bits per heavy atom. The highest BCUT2D eigenvalue weighted by molar-refractivity contribution is 5.77. The molecule has 1 unspecified atom stereocenters. The van der Waals surface area contributed by atoms with E-state index in [0.717, 1.165) is 51.9 Å². The van der Waals surface area contributed by atoms with Crippen LogP contribution < -0.4 is 4.90 Å². The fourth-order valence-corrected chi connectivity index (χ4v) is 5.15. The van der Waals surface area contributed by atoms with Gasteiger partial charge in [0.25, 0.3) is 0 Å². The summed E-state index contributed by atoms with van der Waals surface area (Å²) in [5.74, 6) is 0.250. The lowest BCUT2D eigenvalue weighted by Gasteiger charge is -2.38. The van der Waals surface area contributed by atoms with Crippen LogP contribution in [0.15, 0.2) is 48.5 Å². The molecule has 4 heteroatoms. The number of benzene rings is 2. The molecule has 1 fully saturated rings. The molecule has 2 aromatic rings. The summed E-state index contributed by atoms with van der Waals surface area (Å²) in [6.07, 6.45) is 5.96. The lowest BCUT2D eigenvalue weighted by atomic mass is 9.86. The number of carbonyl (C=O) groups is 1. The van der Waals surface area contributed by atoms with Gasteiger partial charge in [-0.3, -0.25) is 9.69 Å². The van der Waals surface area contributed by atoms with Crippen LogP contribution in [0.4, 0.5) is 5.69 Å². The van der Waals surface area contributed by atoms with Crippen LogP contribution in [0.3, 0.4) is 0 Å². The molecule has 4 rings (SSSR count). The number of amides is 1. The first-order chi connectivity index (χ1) is 15.2. The van der Waals surface area contributed by atoms with Gasteiger partial charge in [0, 0.05) is 45.3 Å². The number of piperazine rings is 1. The maximum Gasteiger partial charge on any atom is 0.223 e. The molecule has 2 aromatic carbocycles. The van der Waals surface area contributed by atoms with E-state index in [-0.39, 0.29) is 11.9 Å². The quantitative estimate of drug-likeness (QED) is 0.652. The van der Waals surface area contributed by atoms with Crippen LogP contribution in [-0.4, -0.2) is 55.5 Å². The molecule has 0 saturated carbocycles. The molecule has 0 spiro atoms. The Balaban J connectivity index is 1.44. The average Bonchev–Trinajstić information content (AvgIpc) is 2.82. The molecule has 0 bridgehead atoms. The van der Waals surface area contributed by atoms with Crippen molar-refractivity contribution in [1.29, 1.82) is 0 Å². The highest BCUT2D eigenvalue weighted by atomic mass is 16.2. The Kier molecular flexibility index (Phi) is 7.29. The molecule has 1 saturated heterocycles. The van der Waals surface area contributed by atoms with Gasteiger partial charge < -0.3 is 9.80 Å². The van der Waals surface area contributed by atoms with Crippen molar-refractivity contribution >= 4 is 11.6 Å². The van der Waals surface area contributed by atoms with Gasteiger partial charge in [-0.05, 0) is 67.5 Å². The van der Waals surface area contributed by atoms with E-state index in [2.05, 4.69) is 47.1 Å². The van der Waals surface area contributed by atoms with Crippen LogP contribution in [0.2, 0.25) is 0 Å². The SMILES string of the molecule is CCCN1CCN(c2ccc3c(c2)C(N(C)C(=O)CCc2ccccc2)CCC3)CC1. The van der Waals surface area contributed by atoms with Gasteiger partial charge in [-0.25, -0.2) is 0 Å². The zero-order valence-electron chi connectivity index (χ0n) is 19.2. The van der Waals surface area contributed by atoms with Crippen molar-refractivity contribution in [1.82, 2.24) is 9.80 Å². The van der Waals surface area contributed by atoms with Crippen molar-refractivity contribution in [2.24, 2.45) is 0 Å². The molecule has 0 N–H and O–H groups in total. The number of carbonyl (C=O) groups excluding carboxylic acids is 1. The molecule has 1 aliphatic heterocycles. The Labute approximate surface area is 187 Å². The standard InChI is InChI=1S/C27H37N3O/c1-3-16-29-17-19-30(20-18-29)24-14-13-23-10-7-11-26(25(23)21-24)28(2)27(31)15-12-22-8-5-4-6-9-22/h4-6,8-9,13-14,21,26H,3,7,10-12,15-20H2,1-2H3. The number of nitrogens with zero attached hydrogens (tertiary/aromatic N) is 3. The van der Waals surface area contributed by atoms with Crippen molar-refractivity contribution in [3.8, 4) is 0 Å². The van der Waals surface area contributed by atoms with E-state index >= 15 is 0 Å². The summed E-state index contributed by atoms with van der Waals surface area (Å²) < 4.78 is 0. The Morgan fingerprint density at radius 2 is 1.84 bits per heavy atom. The van der Waals surface area contributed by atoms with E-state index in [1.807, 2.05) is 30.1 Å². The van der Waals surface area contributed by atoms with Gasteiger partial charge in [0.05, 0.1) is 6.04 Å². The van der Waals surface area contributed by atoms with Crippen molar-refractivity contribution in [3.05, 3.63) is 65.2 Å². The summed E-state index contributed by atoms with van der Waals surface area (Å²) in [4.78, 5) is 20.1. The number of fused-ring (bicyclic) bond motifs is 1. The highest BCUT2D eigenvalue weighted by Crippen LogP contribution is 2.36. The molecule has 1 aliphatic carbocycles. The Morgan fingerprint density at radius 1 is 1.06 bits per heavy atom. The molecule has 31 heavy (non-hydrogen) atoms. The van der Waals surface area contributed by atoms with Gasteiger partial charge >= 0.3 is 0 Å². The second kappa shape index (κ2) is 10.3. The normalized spacial score (nSPS) is 19.2. The maximum atomic E-state index is 13.0. The van der Waals surface area contributed by atoms with E-state index < -0.39 is 0 Å². The van der Waals surface area contributed by atoms with E-state index in [9.17, 15) is 4.79 Å². The first-order valence-corrected chi connectivity index (χ1v) is 12.1. The molecule has 2 aliphatic rings. The summed E-state index contributed by atoms with van der Waals surface area (Å²) in [6, 6.07) is 17.5. The second-order valence-corrected chi connectivity index (χ2v) is 9.11. The molecular weight excluding hydrogens is 382 g/mol. The smallest absolute Gasteiger partial charge is 0.223 e. The third-order valence-corrected chi connectivity index (χ3v) is 7.02. The minimum absolute atomic E-state index is 0.202. The molecular formula is C27H37N3O. The van der Waals surface area contributed by atoms with Crippen LogP contribution in [0.5, 0.6) is 0 Å². The summed E-state index contributed by atoms with van der Waals surface area (Å²) in [5.41, 5.74) is 5.35. The number of rotatable bonds is 7. The molecule has 4 nitrogen and oxygen atoms in total. The predicted molar refractivity (Wildman–Crippen MR) is 129 cm³/mol. The number of hydrogen-bond acceptors (Lipinski definition) is 3. The highest BCUT2D eigenvalue weighted by Gasteiger charge is 2.28. The van der Waals surface area contributed by atoms with Crippen molar-refractivity contribution in [3.63, 3.8) is 0 Å². The predicted octanol–water partition coefficient (Wildman–Crippen LogP) is 4.69. The Bertz CT molecular complexity index is 858. The molecule has 1 atom stereocenters. The molecule has 166 valence electrons. The topological polar surface area (TPSA) is 26.8 Å². The third-order valence-electron chi connectivity index (χ3n) is 7.02. The van der Waals surface area contributed by atoms with Gasteiger partial charge in [-0.15, -0.1) is 0 Å². The summed E-state index contributed by atoms with van der Waals surface area (Å²) >= 11 is 0.